The third-order valence-electron chi connectivity index (χ3n) is 4.97. The van der Waals surface area contributed by atoms with Gasteiger partial charge in [0.1, 0.15) is 11.5 Å². The van der Waals surface area contributed by atoms with E-state index in [0.717, 1.165) is 19.4 Å². The minimum Gasteiger partial charge on any atom is -0.461 e. The Morgan fingerprint density at radius 1 is 1.38 bits per heavy atom. The third kappa shape index (κ3) is 3.88. The maximum Gasteiger partial charge on any atom is 0.356 e. The van der Waals surface area contributed by atoms with Gasteiger partial charge in [0, 0.05) is 10.9 Å². The SMILES string of the molecule is CCOC(=O)c1[nH]c2ccc(F)cc2c1NC(=O)C[NH+]1CCCC[C@@H]1C. The Hall–Kier alpha value is -2.41. The molecule has 0 bridgehead atoms. The van der Waals surface area contributed by atoms with Crippen LogP contribution in [-0.2, 0) is 9.53 Å². The number of quaternary nitrogens is 1. The van der Waals surface area contributed by atoms with E-state index in [1.165, 1.54) is 23.5 Å². The number of carbonyl (C=O) groups excluding carboxylic acids is 2. The topological polar surface area (TPSA) is 75.6 Å². The van der Waals surface area contributed by atoms with Crippen LogP contribution in [0.25, 0.3) is 10.9 Å². The highest BCUT2D eigenvalue weighted by atomic mass is 19.1. The van der Waals surface area contributed by atoms with Gasteiger partial charge in [-0.1, -0.05) is 0 Å². The van der Waals surface area contributed by atoms with Crippen molar-refractivity contribution in [2.45, 2.75) is 39.2 Å². The largest absolute Gasteiger partial charge is 0.461 e. The molecule has 1 amide bonds. The molecule has 2 atom stereocenters. The maximum absolute atomic E-state index is 13.7. The molecule has 6 nitrogen and oxygen atoms in total. The lowest BCUT2D eigenvalue weighted by Crippen LogP contribution is -3.17. The molecule has 1 aromatic carbocycles. The second-order valence-corrected chi connectivity index (χ2v) is 6.82. The number of fused-ring (bicyclic) bond motifs is 1. The zero-order valence-corrected chi connectivity index (χ0v) is 15.2. The predicted octanol–water partition coefficient (Wildman–Crippen LogP) is 1.88. The minimum atomic E-state index is -0.571. The molecule has 7 heteroatoms. The first-order valence-corrected chi connectivity index (χ1v) is 9.12. The highest BCUT2D eigenvalue weighted by molar-refractivity contribution is 6.11. The van der Waals surface area contributed by atoms with Gasteiger partial charge in [-0.05, 0) is 51.3 Å². The molecule has 0 aliphatic carbocycles. The van der Waals surface area contributed by atoms with Crippen LogP contribution < -0.4 is 10.2 Å². The van der Waals surface area contributed by atoms with Gasteiger partial charge in [0.25, 0.3) is 5.91 Å². The Morgan fingerprint density at radius 2 is 2.19 bits per heavy atom. The Labute approximate surface area is 151 Å². The zero-order valence-electron chi connectivity index (χ0n) is 15.2. The van der Waals surface area contributed by atoms with Crippen LogP contribution in [0.4, 0.5) is 10.1 Å². The predicted molar refractivity (Wildman–Crippen MR) is 96.9 cm³/mol. The van der Waals surface area contributed by atoms with Gasteiger partial charge >= 0.3 is 5.97 Å². The standard InChI is InChI=1S/C19H24FN3O3/c1-3-26-19(25)18-17(14-10-13(20)7-8-15(14)21-18)22-16(24)11-23-9-5-4-6-12(23)2/h7-8,10,12,21H,3-6,9,11H2,1-2H3,(H,22,24)/p+1/t12-/m0/s1. The summed E-state index contributed by atoms with van der Waals surface area (Å²) >= 11 is 0. The summed E-state index contributed by atoms with van der Waals surface area (Å²) in [4.78, 5) is 29.0. The van der Waals surface area contributed by atoms with Crippen molar-refractivity contribution in [1.82, 2.24) is 4.98 Å². The highest BCUT2D eigenvalue weighted by Gasteiger charge is 2.26. The molecule has 1 aliphatic heterocycles. The average Bonchev–Trinajstić information content (AvgIpc) is 2.95. The van der Waals surface area contributed by atoms with E-state index in [2.05, 4.69) is 17.2 Å². The van der Waals surface area contributed by atoms with Gasteiger partial charge in [0.15, 0.2) is 6.54 Å². The third-order valence-corrected chi connectivity index (χ3v) is 4.97. The molecular weight excluding hydrogens is 337 g/mol. The van der Waals surface area contributed by atoms with E-state index < -0.39 is 11.8 Å². The Morgan fingerprint density at radius 3 is 2.92 bits per heavy atom. The van der Waals surface area contributed by atoms with Crippen molar-refractivity contribution in [3.8, 4) is 0 Å². The number of piperidine rings is 1. The second-order valence-electron chi connectivity index (χ2n) is 6.82. The van der Waals surface area contributed by atoms with E-state index in [1.807, 2.05) is 0 Å². The molecule has 0 spiro atoms. The van der Waals surface area contributed by atoms with Crippen LogP contribution in [0.2, 0.25) is 0 Å². The molecule has 0 saturated carbocycles. The van der Waals surface area contributed by atoms with Crippen LogP contribution in [-0.4, -0.2) is 42.6 Å². The summed E-state index contributed by atoms with van der Waals surface area (Å²) in [5.74, 6) is -1.19. The molecule has 1 fully saturated rings. The molecule has 0 radical (unpaired) electrons. The summed E-state index contributed by atoms with van der Waals surface area (Å²) in [5.41, 5.74) is 0.998. The van der Waals surface area contributed by atoms with Gasteiger partial charge in [-0.25, -0.2) is 9.18 Å². The normalized spacial score (nSPS) is 20.1. The van der Waals surface area contributed by atoms with Crippen molar-refractivity contribution in [3.63, 3.8) is 0 Å². The van der Waals surface area contributed by atoms with E-state index in [0.29, 0.717) is 23.5 Å². The first-order valence-electron chi connectivity index (χ1n) is 9.12. The lowest BCUT2D eigenvalue weighted by molar-refractivity contribution is -0.920. The monoisotopic (exact) mass is 362 g/mol. The number of nitrogens with one attached hydrogen (secondary N) is 3. The summed E-state index contributed by atoms with van der Waals surface area (Å²) in [6.07, 6.45) is 3.41. The van der Waals surface area contributed by atoms with Gasteiger partial charge in [-0.15, -0.1) is 0 Å². The molecule has 3 rings (SSSR count). The summed E-state index contributed by atoms with van der Waals surface area (Å²) in [7, 11) is 0. The number of likely N-dealkylation sites (tertiary alicyclic amines) is 1. The average molecular weight is 362 g/mol. The quantitative estimate of drug-likeness (QED) is 0.711. The van der Waals surface area contributed by atoms with Crippen molar-refractivity contribution in [2.75, 3.05) is 25.0 Å². The first kappa shape index (κ1) is 18.4. The summed E-state index contributed by atoms with van der Waals surface area (Å²) < 4.78 is 18.7. The Bertz CT molecular complexity index is 818. The van der Waals surface area contributed by atoms with Gasteiger partial charge in [-0.3, -0.25) is 4.79 Å². The van der Waals surface area contributed by atoms with Crippen molar-refractivity contribution in [3.05, 3.63) is 29.7 Å². The zero-order chi connectivity index (χ0) is 18.7. The van der Waals surface area contributed by atoms with Gasteiger partial charge in [0.05, 0.1) is 24.9 Å². The number of hydrogen-bond acceptors (Lipinski definition) is 3. The van der Waals surface area contributed by atoms with Crippen LogP contribution >= 0.6 is 0 Å². The van der Waals surface area contributed by atoms with Gasteiger partial charge in [0.2, 0.25) is 0 Å². The smallest absolute Gasteiger partial charge is 0.356 e. The van der Waals surface area contributed by atoms with Crippen molar-refractivity contribution in [1.29, 1.82) is 0 Å². The number of aromatic amines is 1. The number of ether oxygens (including phenoxy) is 1. The summed E-state index contributed by atoms with van der Waals surface area (Å²) in [6.45, 7) is 5.35. The highest BCUT2D eigenvalue weighted by Crippen LogP contribution is 2.29. The molecule has 26 heavy (non-hydrogen) atoms. The van der Waals surface area contributed by atoms with E-state index in [9.17, 15) is 14.0 Å². The number of benzene rings is 1. The second kappa shape index (κ2) is 7.86. The molecule has 1 saturated heterocycles. The van der Waals surface area contributed by atoms with Crippen molar-refractivity contribution >= 4 is 28.5 Å². The summed E-state index contributed by atoms with van der Waals surface area (Å²) in [5, 5.41) is 3.27. The van der Waals surface area contributed by atoms with Crippen LogP contribution in [0.3, 0.4) is 0 Å². The number of H-pyrrole nitrogens is 1. The molecule has 1 unspecified atom stereocenters. The number of amides is 1. The lowest BCUT2D eigenvalue weighted by Gasteiger charge is -2.29. The molecule has 140 valence electrons. The number of anilines is 1. The number of aromatic nitrogens is 1. The van der Waals surface area contributed by atoms with Crippen molar-refractivity contribution < 1.29 is 23.6 Å². The van der Waals surface area contributed by atoms with Crippen LogP contribution in [0.5, 0.6) is 0 Å². The number of hydrogen-bond donors (Lipinski definition) is 3. The molecular formula is C19H25FN3O3+. The molecule has 2 heterocycles. The van der Waals surface area contributed by atoms with E-state index in [1.54, 1.807) is 13.0 Å². The fraction of sp³-hybridized carbons (Fsp3) is 0.474. The summed E-state index contributed by atoms with van der Waals surface area (Å²) in [6, 6.07) is 4.58. The molecule has 1 aromatic heterocycles. The van der Waals surface area contributed by atoms with Crippen LogP contribution in [0, 0.1) is 5.82 Å². The maximum atomic E-state index is 13.7. The fourth-order valence-electron chi connectivity index (χ4n) is 3.56. The number of halogens is 1. The number of carbonyl (C=O) groups is 2. The van der Waals surface area contributed by atoms with Crippen LogP contribution in [0.15, 0.2) is 18.2 Å². The Balaban J connectivity index is 1.87. The molecule has 1 aliphatic rings. The van der Waals surface area contributed by atoms with Gasteiger partial charge in [-0.2, -0.15) is 0 Å². The number of esters is 1. The van der Waals surface area contributed by atoms with E-state index in [-0.39, 0.29) is 23.9 Å². The minimum absolute atomic E-state index is 0.141. The van der Waals surface area contributed by atoms with Crippen molar-refractivity contribution in [2.24, 2.45) is 0 Å². The lowest BCUT2D eigenvalue weighted by atomic mass is 10.0. The number of rotatable bonds is 5. The molecule has 3 N–H and O–H groups in total. The van der Waals surface area contributed by atoms with E-state index in [4.69, 9.17) is 4.74 Å². The molecule has 2 aromatic rings. The van der Waals surface area contributed by atoms with Gasteiger partial charge < -0.3 is 19.9 Å². The fourth-order valence-corrected chi connectivity index (χ4v) is 3.56. The van der Waals surface area contributed by atoms with Crippen LogP contribution in [0.1, 0.15) is 43.6 Å². The van der Waals surface area contributed by atoms with E-state index >= 15 is 0 Å². The first-order chi connectivity index (χ1) is 12.5. The Kier molecular flexibility index (Phi) is 5.56.